The quantitative estimate of drug-likeness (QED) is 0.695. The van der Waals surface area contributed by atoms with Crippen molar-refractivity contribution in [1.82, 2.24) is 9.78 Å². The third-order valence-corrected chi connectivity index (χ3v) is 2.52. The number of ether oxygens (including phenoxy) is 1. The number of hydrogen-bond donors (Lipinski definition) is 0. The second kappa shape index (κ2) is 6.06. The van der Waals surface area contributed by atoms with Crippen LogP contribution in [0.25, 0.3) is 0 Å². The lowest BCUT2D eigenvalue weighted by molar-refractivity contribution is 0.205. The number of anilines is 1. The van der Waals surface area contributed by atoms with Gasteiger partial charge >= 0.3 is 0 Å². The third-order valence-electron chi connectivity index (χ3n) is 2.52. The number of aryl methyl sites for hydroxylation is 2. The fraction of sp³-hybridized carbons (Fsp3) is 0.500. The fourth-order valence-corrected chi connectivity index (χ4v) is 1.78. The lowest BCUT2D eigenvalue weighted by atomic mass is 10.2. The van der Waals surface area contributed by atoms with Gasteiger partial charge < -0.3 is 9.64 Å². The first-order valence-corrected chi connectivity index (χ1v) is 5.44. The van der Waals surface area contributed by atoms with Crippen LogP contribution in [0.3, 0.4) is 0 Å². The molecular weight excluding hydrogens is 216 g/mol. The maximum absolute atomic E-state index is 9.17. The van der Waals surface area contributed by atoms with Gasteiger partial charge in [-0.15, -0.1) is 6.58 Å². The molecule has 17 heavy (non-hydrogen) atoms. The molecule has 0 radical (unpaired) electrons. The molecule has 0 bridgehead atoms. The van der Waals surface area contributed by atoms with Crippen LogP contribution in [0.4, 0.5) is 5.82 Å². The molecule has 0 aliphatic rings. The molecule has 0 atom stereocenters. The highest BCUT2D eigenvalue weighted by Gasteiger charge is 2.18. The minimum atomic E-state index is 0.600. The van der Waals surface area contributed by atoms with Crippen molar-refractivity contribution in [3.05, 3.63) is 23.9 Å². The highest BCUT2D eigenvalue weighted by atomic mass is 16.5. The molecule has 0 aromatic carbocycles. The first-order chi connectivity index (χ1) is 8.15. The minimum Gasteiger partial charge on any atom is -0.383 e. The van der Waals surface area contributed by atoms with E-state index in [1.807, 2.05) is 18.9 Å². The van der Waals surface area contributed by atoms with Crippen molar-refractivity contribution >= 4 is 5.82 Å². The second-order valence-electron chi connectivity index (χ2n) is 3.75. The Morgan fingerprint density at radius 3 is 2.88 bits per heavy atom. The van der Waals surface area contributed by atoms with Gasteiger partial charge in [0, 0.05) is 27.2 Å². The Morgan fingerprint density at radius 1 is 1.65 bits per heavy atom. The lowest BCUT2D eigenvalue weighted by Crippen LogP contribution is -2.29. The van der Waals surface area contributed by atoms with Crippen LogP contribution in [0.15, 0.2) is 12.7 Å². The van der Waals surface area contributed by atoms with Crippen molar-refractivity contribution in [2.45, 2.75) is 6.92 Å². The molecular formula is C12H18N4O. The minimum absolute atomic E-state index is 0.600. The van der Waals surface area contributed by atoms with Crippen molar-refractivity contribution < 1.29 is 4.74 Å². The van der Waals surface area contributed by atoms with E-state index in [4.69, 9.17) is 10.00 Å². The van der Waals surface area contributed by atoms with Crippen molar-refractivity contribution in [3.8, 4) is 6.07 Å². The zero-order chi connectivity index (χ0) is 12.8. The summed E-state index contributed by atoms with van der Waals surface area (Å²) < 4.78 is 6.80. The summed E-state index contributed by atoms with van der Waals surface area (Å²) >= 11 is 0. The normalized spacial score (nSPS) is 10.0. The van der Waals surface area contributed by atoms with Gasteiger partial charge in [-0.25, -0.2) is 0 Å². The Labute approximate surface area is 102 Å². The van der Waals surface area contributed by atoms with Gasteiger partial charge in [0.1, 0.15) is 17.5 Å². The SMILES string of the molecule is C=CCN(CCOC)c1c(C#N)c(C)nn1C. The molecule has 1 aromatic rings. The smallest absolute Gasteiger partial charge is 0.145 e. The van der Waals surface area contributed by atoms with Crippen LogP contribution in [0.1, 0.15) is 11.3 Å². The summed E-state index contributed by atoms with van der Waals surface area (Å²) in [5.41, 5.74) is 1.36. The Balaban J connectivity index is 3.08. The van der Waals surface area contributed by atoms with E-state index in [2.05, 4.69) is 17.7 Å². The van der Waals surface area contributed by atoms with E-state index in [9.17, 15) is 0 Å². The van der Waals surface area contributed by atoms with E-state index >= 15 is 0 Å². The predicted octanol–water partition coefficient (Wildman–Crippen LogP) is 1.24. The van der Waals surface area contributed by atoms with Gasteiger partial charge in [-0.3, -0.25) is 4.68 Å². The standard InChI is InChI=1S/C12H18N4O/c1-5-6-16(7-8-17-4)12-11(9-13)10(2)14-15(12)3/h5H,1,6-8H2,2-4H3. The van der Waals surface area contributed by atoms with Crippen LogP contribution in [0.5, 0.6) is 0 Å². The molecule has 0 fully saturated rings. The average molecular weight is 234 g/mol. The van der Waals surface area contributed by atoms with Crippen molar-refractivity contribution in [3.63, 3.8) is 0 Å². The number of hydrogen-bond acceptors (Lipinski definition) is 4. The summed E-state index contributed by atoms with van der Waals surface area (Å²) in [6.07, 6.45) is 1.80. The molecule has 0 aliphatic carbocycles. The van der Waals surface area contributed by atoms with Gasteiger partial charge in [0.05, 0.1) is 12.3 Å². The average Bonchev–Trinajstić information content (AvgIpc) is 2.59. The van der Waals surface area contributed by atoms with Crippen LogP contribution in [0, 0.1) is 18.3 Å². The molecule has 92 valence electrons. The Bertz CT molecular complexity index is 430. The molecule has 1 heterocycles. The highest BCUT2D eigenvalue weighted by molar-refractivity contribution is 5.57. The van der Waals surface area contributed by atoms with Crippen molar-refractivity contribution in [2.75, 3.05) is 31.7 Å². The Hall–Kier alpha value is -1.80. The van der Waals surface area contributed by atoms with Gasteiger partial charge in [0.2, 0.25) is 0 Å². The van der Waals surface area contributed by atoms with E-state index in [-0.39, 0.29) is 0 Å². The molecule has 0 aliphatic heterocycles. The largest absolute Gasteiger partial charge is 0.383 e. The van der Waals surface area contributed by atoms with Crippen LogP contribution in [-0.4, -0.2) is 36.6 Å². The topological polar surface area (TPSA) is 54.1 Å². The fourth-order valence-electron chi connectivity index (χ4n) is 1.78. The predicted molar refractivity (Wildman–Crippen MR) is 66.9 cm³/mol. The summed E-state index contributed by atoms with van der Waals surface area (Å²) in [4.78, 5) is 2.04. The van der Waals surface area contributed by atoms with E-state index in [0.717, 1.165) is 11.5 Å². The highest BCUT2D eigenvalue weighted by Crippen LogP contribution is 2.21. The summed E-state index contributed by atoms with van der Waals surface area (Å²) in [5.74, 6) is 0.821. The molecule has 5 nitrogen and oxygen atoms in total. The number of aromatic nitrogens is 2. The zero-order valence-electron chi connectivity index (χ0n) is 10.6. The van der Waals surface area contributed by atoms with Crippen LogP contribution < -0.4 is 4.90 Å². The molecule has 0 saturated carbocycles. The molecule has 1 aromatic heterocycles. The van der Waals surface area contributed by atoms with E-state index in [0.29, 0.717) is 25.3 Å². The lowest BCUT2D eigenvalue weighted by Gasteiger charge is -2.22. The zero-order valence-corrected chi connectivity index (χ0v) is 10.6. The summed E-state index contributed by atoms with van der Waals surface area (Å²) in [6, 6.07) is 2.20. The second-order valence-corrected chi connectivity index (χ2v) is 3.75. The first kappa shape index (κ1) is 13.3. The summed E-state index contributed by atoms with van der Waals surface area (Å²) in [5, 5.41) is 13.4. The number of rotatable bonds is 6. The molecule has 0 unspecified atom stereocenters. The van der Waals surface area contributed by atoms with Crippen molar-refractivity contribution in [1.29, 1.82) is 5.26 Å². The number of nitrogens with zero attached hydrogens (tertiary/aromatic N) is 4. The van der Waals surface area contributed by atoms with Crippen LogP contribution in [-0.2, 0) is 11.8 Å². The summed E-state index contributed by atoms with van der Waals surface area (Å²) in [6.45, 7) is 7.54. The molecule has 1 rings (SSSR count). The van der Waals surface area contributed by atoms with Crippen molar-refractivity contribution in [2.24, 2.45) is 7.05 Å². The van der Waals surface area contributed by atoms with Gasteiger partial charge in [-0.05, 0) is 6.92 Å². The van der Waals surface area contributed by atoms with Crippen LogP contribution in [0.2, 0.25) is 0 Å². The molecule has 0 spiro atoms. The van der Waals surface area contributed by atoms with E-state index in [1.165, 1.54) is 0 Å². The number of methoxy groups -OCH3 is 1. The maximum Gasteiger partial charge on any atom is 0.145 e. The van der Waals surface area contributed by atoms with Crippen LogP contribution >= 0.6 is 0 Å². The summed E-state index contributed by atoms with van der Waals surface area (Å²) in [7, 11) is 3.50. The van der Waals surface area contributed by atoms with Gasteiger partial charge in [-0.1, -0.05) is 6.08 Å². The Kier molecular flexibility index (Phi) is 4.73. The molecule has 5 heteroatoms. The number of nitriles is 1. The maximum atomic E-state index is 9.17. The molecule has 0 N–H and O–H groups in total. The van der Waals surface area contributed by atoms with Gasteiger partial charge in [0.15, 0.2) is 0 Å². The third kappa shape index (κ3) is 2.86. The van der Waals surface area contributed by atoms with Gasteiger partial charge in [-0.2, -0.15) is 10.4 Å². The molecule has 0 amide bonds. The molecule has 0 saturated heterocycles. The van der Waals surface area contributed by atoms with Gasteiger partial charge in [0.25, 0.3) is 0 Å². The first-order valence-electron chi connectivity index (χ1n) is 5.44. The monoisotopic (exact) mass is 234 g/mol. The van der Waals surface area contributed by atoms with E-state index < -0.39 is 0 Å². The van der Waals surface area contributed by atoms with E-state index in [1.54, 1.807) is 17.9 Å². The Morgan fingerprint density at radius 2 is 2.35 bits per heavy atom.